The van der Waals surface area contributed by atoms with Crippen LogP contribution in [-0.2, 0) is 0 Å². The summed E-state index contributed by atoms with van der Waals surface area (Å²) in [7, 11) is 1.33. The molecule has 0 aliphatic heterocycles. The van der Waals surface area contributed by atoms with Crippen LogP contribution in [0.25, 0.3) is 11.6 Å². The third-order valence-electron chi connectivity index (χ3n) is 3.00. The van der Waals surface area contributed by atoms with E-state index < -0.39 is 10.7 Å². The Morgan fingerprint density at radius 1 is 1.36 bits per heavy atom. The molecule has 0 aliphatic rings. The van der Waals surface area contributed by atoms with Crippen molar-refractivity contribution in [1.82, 2.24) is 0 Å². The second-order valence-electron chi connectivity index (χ2n) is 4.34. The zero-order chi connectivity index (χ0) is 16.1. The second-order valence-corrected chi connectivity index (χ2v) is 4.34. The van der Waals surface area contributed by atoms with Gasteiger partial charge in [0.25, 0.3) is 0 Å². The quantitative estimate of drug-likeness (QED) is 0.372. The van der Waals surface area contributed by atoms with Gasteiger partial charge in [-0.3, -0.25) is 10.1 Å². The molecule has 2 aromatic carbocycles. The summed E-state index contributed by atoms with van der Waals surface area (Å²) in [6.07, 6.45) is 1.39. The first-order chi connectivity index (χ1) is 10.6. The van der Waals surface area contributed by atoms with E-state index in [1.165, 1.54) is 43.5 Å². The lowest BCUT2D eigenvalue weighted by Gasteiger charge is -2.04. The van der Waals surface area contributed by atoms with Gasteiger partial charge in [-0.05, 0) is 23.8 Å². The molecule has 0 aromatic heterocycles. The van der Waals surface area contributed by atoms with Crippen LogP contribution in [0.2, 0.25) is 0 Å². The molecule has 5 nitrogen and oxygen atoms in total. The first-order valence-corrected chi connectivity index (χ1v) is 6.26. The summed E-state index contributed by atoms with van der Waals surface area (Å²) in [4.78, 5) is 10.4. The summed E-state index contributed by atoms with van der Waals surface area (Å²) in [6, 6.07) is 12.0. The number of ether oxygens (including phenoxy) is 1. The number of nitro groups is 1. The minimum Gasteiger partial charge on any atom is -0.490 e. The number of hydrogen-bond donors (Lipinski definition) is 0. The fourth-order valence-electron chi connectivity index (χ4n) is 1.96. The minimum absolute atomic E-state index is 0.0811. The topological polar surface area (TPSA) is 76.2 Å². The van der Waals surface area contributed by atoms with Crippen LogP contribution >= 0.6 is 0 Å². The number of rotatable bonds is 4. The van der Waals surface area contributed by atoms with Gasteiger partial charge in [0.1, 0.15) is 5.82 Å². The highest BCUT2D eigenvalue weighted by Crippen LogP contribution is 2.29. The highest BCUT2D eigenvalue weighted by molar-refractivity contribution is 5.90. The Kier molecular flexibility index (Phi) is 4.49. The van der Waals surface area contributed by atoms with Crippen LogP contribution in [0.4, 0.5) is 10.1 Å². The zero-order valence-electron chi connectivity index (χ0n) is 11.6. The Balaban J connectivity index is 2.52. The summed E-state index contributed by atoms with van der Waals surface area (Å²) >= 11 is 0. The van der Waals surface area contributed by atoms with E-state index in [4.69, 9.17) is 4.74 Å². The first-order valence-electron chi connectivity index (χ1n) is 6.26. The fraction of sp³-hybridized carbons (Fsp3) is 0.0625. The summed E-state index contributed by atoms with van der Waals surface area (Å²) in [5.74, 6) is -0.412. The molecule has 0 saturated carbocycles. The molecule has 2 aromatic rings. The summed E-state index contributed by atoms with van der Waals surface area (Å²) in [5.41, 5.74) is 0.412. The van der Waals surface area contributed by atoms with E-state index in [0.717, 1.165) is 0 Å². The van der Waals surface area contributed by atoms with Crippen molar-refractivity contribution in [3.8, 4) is 11.8 Å². The zero-order valence-corrected chi connectivity index (χ0v) is 11.6. The van der Waals surface area contributed by atoms with E-state index in [-0.39, 0.29) is 22.6 Å². The van der Waals surface area contributed by atoms with E-state index in [0.29, 0.717) is 5.56 Å². The Morgan fingerprint density at radius 2 is 2.09 bits per heavy atom. The van der Waals surface area contributed by atoms with Crippen LogP contribution in [0.15, 0.2) is 42.5 Å². The number of hydrogen-bond acceptors (Lipinski definition) is 4. The lowest BCUT2D eigenvalue weighted by molar-refractivity contribution is -0.385. The highest BCUT2D eigenvalue weighted by atomic mass is 19.1. The summed E-state index contributed by atoms with van der Waals surface area (Å²) < 4.78 is 18.6. The van der Waals surface area contributed by atoms with Gasteiger partial charge >= 0.3 is 5.69 Å². The van der Waals surface area contributed by atoms with Gasteiger partial charge in [-0.2, -0.15) is 5.26 Å². The highest BCUT2D eigenvalue weighted by Gasteiger charge is 2.15. The molecule has 6 heteroatoms. The van der Waals surface area contributed by atoms with Crippen molar-refractivity contribution in [2.24, 2.45) is 0 Å². The van der Waals surface area contributed by atoms with Gasteiger partial charge in [0.15, 0.2) is 5.75 Å². The Bertz CT molecular complexity index is 794. The number of nitrogens with zero attached hydrogens (tertiary/aromatic N) is 2. The van der Waals surface area contributed by atoms with Crippen molar-refractivity contribution in [2.75, 3.05) is 7.11 Å². The average molecular weight is 298 g/mol. The van der Waals surface area contributed by atoms with Gasteiger partial charge in [-0.25, -0.2) is 4.39 Å². The predicted octanol–water partition coefficient (Wildman–Crippen LogP) is 3.81. The average Bonchev–Trinajstić information content (AvgIpc) is 2.53. The molecule has 110 valence electrons. The third-order valence-corrected chi connectivity index (χ3v) is 3.00. The second kappa shape index (κ2) is 6.50. The maximum absolute atomic E-state index is 13.7. The number of nitriles is 1. The van der Waals surface area contributed by atoms with Gasteiger partial charge < -0.3 is 4.74 Å². The molecule has 0 spiro atoms. The van der Waals surface area contributed by atoms with Crippen LogP contribution in [0.1, 0.15) is 11.1 Å². The standard InChI is InChI=1S/C16H11FN2O3/c1-22-16-7-6-11(9-15(16)19(20)21)8-12(10-18)13-4-2-3-5-14(13)17/h2-9H,1H3/b12-8-. The Morgan fingerprint density at radius 3 is 2.68 bits per heavy atom. The maximum atomic E-state index is 13.7. The van der Waals surface area contributed by atoms with Crippen molar-refractivity contribution in [1.29, 1.82) is 5.26 Å². The van der Waals surface area contributed by atoms with Gasteiger partial charge in [-0.15, -0.1) is 0 Å². The van der Waals surface area contributed by atoms with Crippen molar-refractivity contribution < 1.29 is 14.1 Å². The smallest absolute Gasteiger partial charge is 0.311 e. The Hall–Kier alpha value is -3.20. The van der Waals surface area contributed by atoms with E-state index in [1.807, 2.05) is 6.07 Å². The number of nitro benzene ring substituents is 1. The molecule has 0 saturated heterocycles. The van der Waals surface area contributed by atoms with Crippen LogP contribution in [0.5, 0.6) is 5.75 Å². The summed E-state index contributed by atoms with van der Waals surface area (Å²) in [5, 5.41) is 20.2. The molecule has 0 aliphatic carbocycles. The molecule has 0 amide bonds. The van der Waals surface area contributed by atoms with Gasteiger partial charge in [0.05, 0.1) is 23.7 Å². The molecule has 0 N–H and O–H groups in total. The van der Waals surface area contributed by atoms with Gasteiger partial charge in [-0.1, -0.05) is 24.3 Å². The monoisotopic (exact) mass is 298 g/mol. The molecule has 0 unspecified atom stereocenters. The largest absolute Gasteiger partial charge is 0.490 e. The van der Waals surface area contributed by atoms with Crippen LogP contribution in [-0.4, -0.2) is 12.0 Å². The molecule has 22 heavy (non-hydrogen) atoms. The van der Waals surface area contributed by atoms with Crippen LogP contribution in [0.3, 0.4) is 0 Å². The van der Waals surface area contributed by atoms with Crippen molar-refractivity contribution >= 4 is 17.3 Å². The van der Waals surface area contributed by atoms with Crippen molar-refractivity contribution in [2.45, 2.75) is 0 Å². The third kappa shape index (κ3) is 3.10. The maximum Gasteiger partial charge on any atom is 0.311 e. The Labute approximate surface area is 126 Å². The van der Waals surface area contributed by atoms with Crippen LogP contribution in [0, 0.1) is 27.3 Å². The van der Waals surface area contributed by atoms with Gasteiger partial charge in [0, 0.05) is 11.6 Å². The molecule has 0 heterocycles. The lowest BCUT2D eigenvalue weighted by atomic mass is 10.0. The fourth-order valence-corrected chi connectivity index (χ4v) is 1.96. The minimum atomic E-state index is -0.578. The van der Waals surface area contributed by atoms with E-state index in [1.54, 1.807) is 12.1 Å². The molecular formula is C16H11FN2O3. The molecular weight excluding hydrogens is 287 g/mol. The van der Waals surface area contributed by atoms with E-state index in [9.17, 15) is 19.8 Å². The van der Waals surface area contributed by atoms with Crippen LogP contribution < -0.4 is 4.74 Å². The molecule has 0 atom stereocenters. The molecule has 0 fully saturated rings. The summed E-state index contributed by atoms with van der Waals surface area (Å²) in [6.45, 7) is 0. The van der Waals surface area contributed by atoms with Crippen molar-refractivity contribution in [3.05, 3.63) is 69.5 Å². The number of allylic oxidation sites excluding steroid dienone is 1. The van der Waals surface area contributed by atoms with Gasteiger partial charge in [0.2, 0.25) is 0 Å². The normalized spacial score (nSPS) is 10.9. The number of benzene rings is 2. The van der Waals surface area contributed by atoms with E-state index in [2.05, 4.69) is 0 Å². The number of halogens is 1. The molecule has 0 radical (unpaired) electrons. The lowest BCUT2D eigenvalue weighted by Crippen LogP contribution is -1.94. The molecule has 0 bridgehead atoms. The van der Waals surface area contributed by atoms with E-state index >= 15 is 0 Å². The molecule has 2 rings (SSSR count). The first kappa shape index (κ1) is 15.2. The predicted molar refractivity (Wildman–Crippen MR) is 79.5 cm³/mol. The number of methoxy groups -OCH3 is 1. The van der Waals surface area contributed by atoms with Crippen molar-refractivity contribution in [3.63, 3.8) is 0 Å². The SMILES string of the molecule is COc1ccc(/C=C(/C#N)c2ccccc2F)cc1[N+](=O)[O-].